The molecule has 0 radical (unpaired) electrons. The van der Waals surface area contributed by atoms with Gasteiger partial charge in [-0.05, 0) is 70.3 Å². The lowest BCUT2D eigenvalue weighted by Gasteiger charge is -2.11. The molecule has 4 aromatic carbocycles. The summed E-state index contributed by atoms with van der Waals surface area (Å²) in [5.74, 6) is -4.21. The maximum Gasteiger partial charge on any atom is 0.194 e. The van der Waals surface area contributed by atoms with E-state index in [9.17, 15) is 17.6 Å². The maximum atomic E-state index is 14.8. The van der Waals surface area contributed by atoms with Gasteiger partial charge in [-0.25, -0.2) is 17.6 Å². The number of hydrogen-bond donors (Lipinski definition) is 0. The molecule has 0 N–H and O–H groups in total. The van der Waals surface area contributed by atoms with Crippen molar-refractivity contribution < 1.29 is 17.6 Å². The van der Waals surface area contributed by atoms with Crippen LogP contribution in [0.2, 0.25) is 0 Å². The van der Waals surface area contributed by atoms with E-state index in [0.29, 0.717) is 11.5 Å². The zero-order valence-electron chi connectivity index (χ0n) is 17.9. The highest BCUT2D eigenvalue weighted by molar-refractivity contribution is 5.73. The van der Waals surface area contributed by atoms with Crippen molar-refractivity contribution in [1.82, 2.24) is 0 Å². The van der Waals surface area contributed by atoms with Crippen LogP contribution < -0.4 is 0 Å². The quantitative estimate of drug-likeness (QED) is 0.217. The normalized spacial score (nSPS) is 14.1. The third kappa shape index (κ3) is 4.30. The fraction of sp³-hybridized carbons (Fsp3) is 0.172. The van der Waals surface area contributed by atoms with Gasteiger partial charge in [-0.1, -0.05) is 73.5 Å². The number of rotatable bonds is 4. The van der Waals surface area contributed by atoms with Crippen LogP contribution in [0.1, 0.15) is 37.2 Å². The molecule has 0 atom stereocenters. The Morgan fingerprint density at radius 3 is 1.48 bits per heavy atom. The molecule has 1 saturated carbocycles. The molecule has 33 heavy (non-hydrogen) atoms. The standard InChI is InChI=1S/C29H22F4/c30-26-15-23(13-14-25(26)24-16-27(31)29(33)28(32)17-24)22-11-9-21(10-12-22)20-7-5-19(6-8-20)18-3-1-2-4-18/h5-18H,1-4H2. The number of benzene rings is 4. The van der Waals surface area contributed by atoms with Gasteiger partial charge < -0.3 is 0 Å². The summed E-state index contributed by atoms with van der Waals surface area (Å²) in [5, 5.41) is 0. The first kappa shape index (κ1) is 21.4. The van der Waals surface area contributed by atoms with Gasteiger partial charge in [0.2, 0.25) is 0 Å². The Balaban J connectivity index is 1.37. The first-order valence-corrected chi connectivity index (χ1v) is 11.1. The highest BCUT2D eigenvalue weighted by atomic mass is 19.2. The minimum absolute atomic E-state index is 0.00974. The third-order valence-corrected chi connectivity index (χ3v) is 6.55. The van der Waals surface area contributed by atoms with Crippen LogP contribution in [-0.4, -0.2) is 0 Å². The molecule has 1 aliphatic rings. The van der Waals surface area contributed by atoms with Crippen LogP contribution in [0.3, 0.4) is 0 Å². The lowest BCUT2D eigenvalue weighted by molar-refractivity contribution is 0.447. The Morgan fingerprint density at radius 1 is 0.485 bits per heavy atom. The Labute approximate surface area is 190 Å². The van der Waals surface area contributed by atoms with Gasteiger partial charge in [0.15, 0.2) is 17.5 Å². The predicted octanol–water partition coefficient (Wildman–Crippen LogP) is 8.90. The van der Waals surface area contributed by atoms with Gasteiger partial charge in [-0.15, -0.1) is 0 Å². The van der Waals surface area contributed by atoms with Crippen LogP contribution in [0.4, 0.5) is 17.6 Å². The van der Waals surface area contributed by atoms with Crippen molar-refractivity contribution in [3.63, 3.8) is 0 Å². The molecule has 166 valence electrons. The molecule has 0 bridgehead atoms. The van der Waals surface area contributed by atoms with Gasteiger partial charge in [0.05, 0.1) is 0 Å². The van der Waals surface area contributed by atoms with Crippen molar-refractivity contribution in [3.8, 4) is 33.4 Å². The smallest absolute Gasteiger partial charge is 0.194 e. The van der Waals surface area contributed by atoms with Crippen LogP contribution in [0, 0.1) is 23.3 Å². The Kier molecular flexibility index (Phi) is 5.76. The van der Waals surface area contributed by atoms with Gasteiger partial charge in [-0.2, -0.15) is 0 Å². The van der Waals surface area contributed by atoms with E-state index in [1.165, 1.54) is 43.4 Å². The van der Waals surface area contributed by atoms with Gasteiger partial charge >= 0.3 is 0 Å². The molecule has 1 fully saturated rings. The monoisotopic (exact) mass is 446 g/mol. The molecule has 0 spiro atoms. The molecule has 0 aromatic heterocycles. The Bertz CT molecular complexity index is 1260. The maximum absolute atomic E-state index is 14.8. The molecule has 4 heteroatoms. The molecular formula is C29H22F4. The zero-order chi connectivity index (χ0) is 22.9. The van der Waals surface area contributed by atoms with Crippen molar-refractivity contribution in [1.29, 1.82) is 0 Å². The van der Waals surface area contributed by atoms with Crippen molar-refractivity contribution in [3.05, 3.63) is 108 Å². The van der Waals surface area contributed by atoms with Crippen molar-refractivity contribution in [2.75, 3.05) is 0 Å². The van der Waals surface area contributed by atoms with E-state index < -0.39 is 23.3 Å². The summed E-state index contributed by atoms with van der Waals surface area (Å²) in [5.41, 5.74) is 5.04. The van der Waals surface area contributed by atoms with Crippen molar-refractivity contribution in [2.45, 2.75) is 31.6 Å². The second-order valence-electron chi connectivity index (χ2n) is 8.63. The van der Waals surface area contributed by atoms with Crippen LogP contribution in [0.25, 0.3) is 33.4 Å². The summed E-state index contributed by atoms with van der Waals surface area (Å²) in [6.07, 6.45) is 5.17. The van der Waals surface area contributed by atoms with E-state index in [1.54, 1.807) is 6.07 Å². The van der Waals surface area contributed by atoms with Gasteiger partial charge in [0.1, 0.15) is 5.82 Å². The highest BCUT2D eigenvalue weighted by Gasteiger charge is 2.17. The molecule has 0 amide bonds. The fourth-order valence-corrected chi connectivity index (χ4v) is 4.70. The Morgan fingerprint density at radius 2 is 0.939 bits per heavy atom. The molecule has 0 saturated heterocycles. The highest BCUT2D eigenvalue weighted by Crippen LogP contribution is 2.35. The van der Waals surface area contributed by atoms with E-state index in [1.807, 2.05) is 24.3 Å². The topological polar surface area (TPSA) is 0 Å². The predicted molar refractivity (Wildman–Crippen MR) is 124 cm³/mol. The first-order valence-electron chi connectivity index (χ1n) is 11.1. The molecule has 0 heterocycles. The third-order valence-electron chi connectivity index (χ3n) is 6.55. The largest absolute Gasteiger partial charge is 0.206 e. The lowest BCUT2D eigenvalue weighted by atomic mass is 9.94. The Hall–Kier alpha value is -3.40. The summed E-state index contributed by atoms with van der Waals surface area (Å²) in [6.45, 7) is 0. The number of hydrogen-bond acceptors (Lipinski definition) is 0. The molecule has 0 nitrogen and oxygen atoms in total. The van der Waals surface area contributed by atoms with E-state index in [-0.39, 0.29) is 11.1 Å². The van der Waals surface area contributed by atoms with E-state index >= 15 is 0 Å². The van der Waals surface area contributed by atoms with Gasteiger partial charge in [0, 0.05) is 5.56 Å². The molecule has 0 aliphatic heterocycles. The molecule has 1 aliphatic carbocycles. The molecule has 5 rings (SSSR count). The van der Waals surface area contributed by atoms with E-state index in [2.05, 4.69) is 24.3 Å². The van der Waals surface area contributed by atoms with Crippen molar-refractivity contribution in [2.24, 2.45) is 0 Å². The minimum atomic E-state index is -1.57. The zero-order valence-corrected chi connectivity index (χ0v) is 17.9. The summed E-state index contributed by atoms with van der Waals surface area (Å²) < 4.78 is 55.1. The number of halogens is 4. The molecular weight excluding hydrogens is 424 g/mol. The first-order chi connectivity index (χ1) is 16.0. The molecule has 4 aromatic rings. The van der Waals surface area contributed by atoms with E-state index in [0.717, 1.165) is 28.8 Å². The van der Waals surface area contributed by atoms with Gasteiger partial charge in [-0.3, -0.25) is 0 Å². The van der Waals surface area contributed by atoms with Crippen LogP contribution in [-0.2, 0) is 0 Å². The second kappa shape index (κ2) is 8.86. The van der Waals surface area contributed by atoms with Crippen LogP contribution in [0.5, 0.6) is 0 Å². The summed E-state index contributed by atoms with van der Waals surface area (Å²) >= 11 is 0. The van der Waals surface area contributed by atoms with E-state index in [4.69, 9.17) is 0 Å². The lowest BCUT2D eigenvalue weighted by Crippen LogP contribution is -1.94. The fourth-order valence-electron chi connectivity index (χ4n) is 4.70. The van der Waals surface area contributed by atoms with Crippen molar-refractivity contribution >= 4 is 0 Å². The van der Waals surface area contributed by atoms with Crippen LogP contribution in [0.15, 0.2) is 78.9 Å². The van der Waals surface area contributed by atoms with Gasteiger partial charge in [0.25, 0.3) is 0 Å². The SMILES string of the molecule is Fc1cc(-c2ccc(-c3ccc(C4CCCC4)cc3)cc2)ccc1-c1cc(F)c(F)c(F)c1. The average Bonchev–Trinajstić information content (AvgIpc) is 3.37. The van der Waals surface area contributed by atoms with Crippen LogP contribution >= 0.6 is 0 Å². The average molecular weight is 446 g/mol. The summed E-state index contributed by atoms with van der Waals surface area (Å²) in [7, 11) is 0. The molecule has 0 unspecified atom stereocenters. The summed E-state index contributed by atoms with van der Waals surface area (Å²) in [4.78, 5) is 0. The minimum Gasteiger partial charge on any atom is -0.206 e. The summed E-state index contributed by atoms with van der Waals surface area (Å²) in [6, 6.07) is 22.6. The second-order valence-corrected chi connectivity index (χ2v) is 8.63.